The van der Waals surface area contributed by atoms with Crippen molar-refractivity contribution in [2.45, 2.75) is 0 Å². The molecule has 0 aliphatic rings. The zero-order valence-electron chi connectivity index (χ0n) is 16.1. The monoisotopic (exact) mass is 384 g/mol. The van der Waals surface area contributed by atoms with Gasteiger partial charge in [0.05, 0.1) is 0 Å². The lowest BCUT2D eigenvalue weighted by atomic mass is 10.0. The quantitative estimate of drug-likeness (QED) is 0.559. The van der Waals surface area contributed by atoms with Crippen LogP contribution in [-0.2, 0) is 0 Å². The lowest BCUT2D eigenvalue weighted by molar-refractivity contribution is 0.102. The van der Waals surface area contributed by atoms with E-state index in [2.05, 4.69) is 15.3 Å². The Balaban J connectivity index is 1.71. The van der Waals surface area contributed by atoms with Crippen molar-refractivity contribution in [3.05, 3.63) is 89.1 Å². The van der Waals surface area contributed by atoms with E-state index in [0.29, 0.717) is 5.69 Å². The van der Waals surface area contributed by atoms with Crippen LogP contribution in [0.2, 0.25) is 0 Å². The van der Waals surface area contributed by atoms with Crippen LogP contribution < -0.4 is 15.8 Å². The van der Waals surface area contributed by atoms with Gasteiger partial charge in [-0.1, -0.05) is 30.3 Å². The van der Waals surface area contributed by atoms with E-state index in [-0.39, 0.29) is 5.56 Å². The normalized spacial score (nSPS) is 10.7. The summed E-state index contributed by atoms with van der Waals surface area (Å²) in [5, 5.41) is 4.80. The molecule has 0 aliphatic carbocycles. The molecule has 1 amide bonds. The minimum absolute atomic E-state index is 0.0469. The highest BCUT2D eigenvalue weighted by Crippen LogP contribution is 2.27. The van der Waals surface area contributed by atoms with Gasteiger partial charge in [-0.25, -0.2) is 0 Å². The first kappa shape index (κ1) is 18.4. The maximum absolute atomic E-state index is 12.8. The first-order chi connectivity index (χ1) is 14.0. The number of hydrogen-bond acceptors (Lipinski definition) is 4. The van der Waals surface area contributed by atoms with E-state index >= 15 is 0 Å². The van der Waals surface area contributed by atoms with Crippen molar-refractivity contribution in [1.29, 1.82) is 0 Å². The molecule has 0 radical (unpaired) electrons. The molecule has 2 aromatic carbocycles. The molecule has 0 unspecified atom stereocenters. The molecular weight excluding hydrogens is 364 g/mol. The van der Waals surface area contributed by atoms with Crippen molar-refractivity contribution in [1.82, 2.24) is 9.97 Å². The summed E-state index contributed by atoms with van der Waals surface area (Å²) in [6.45, 7) is 0. The van der Waals surface area contributed by atoms with Crippen LogP contribution in [0.1, 0.15) is 10.4 Å². The Kier molecular flexibility index (Phi) is 4.83. The van der Waals surface area contributed by atoms with E-state index in [1.807, 2.05) is 61.5 Å². The zero-order valence-corrected chi connectivity index (χ0v) is 16.1. The highest BCUT2D eigenvalue weighted by Gasteiger charge is 2.14. The molecular formula is C23H20N4O2. The van der Waals surface area contributed by atoms with Gasteiger partial charge in [0, 0.05) is 60.6 Å². The van der Waals surface area contributed by atoms with Gasteiger partial charge in [-0.05, 0) is 29.7 Å². The molecule has 6 nitrogen and oxygen atoms in total. The molecule has 0 bridgehead atoms. The Hall–Kier alpha value is -3.93. The first-order valence-corrected chi connectivity index (χ1v) is 9.17. The molecule has 2 aromatic heterocycles. The minimum atomic E-state index is -0.461. The number of rotatable bonds is 4. The molecule has 144 valence electrons. The zero-order chi connectivity index (χ0) is 20.4. The molecule has 0 spiro atoms. The van der Waals surface area contributed by atoms with Gasteiger partial charge in [-0.3, -0.25) is 14.6 Å². The molecule has 0 saturated carbocycles. The highest BCUT2D eigenvalue weighted by molar-refractivity contribution is 6.05. The van der Waals surface area contributed by atoms with Gasteiger partial charge in [0.15, 0.2) is 0 Å². The van der Waals surface area contributed by atoms with Crippen molar-refractivity contribution in [3.63, 3.8) is 0 Å². The summed E-state index contributed by atoms with van der Waals surface area (Å²) >= 11 is 0. The predicted molar refractivity (Wildman–Crippen MR) is 117 cm³/mol. The largest absolute Gasteiger partial charge is 0.378 e. The fourth-order valence-electron chi connectivity index (χ4n) is 3.21. The van der Waals surface area contributed by atoms with Crippen LogP contribution in [0.4, 0.5) is 11.4 Å². The van der Waals surface area contributed by atoms with Gasteiger partial charge >= 0.3 is 0 Å². The maximum Gasteiger partial charge on any atom is 0.261 e. The number of anilines is 2. The van der Waals surface area contributed by atoms with Gasteiger partial charge in [0.25, 0.3) is 11.5 Å². The summed E-state index contributed by atoms with van der Waals surface area (Å²) < 4.78 is 0. The molecule has 0 aliphatic heterocycles. The number of hydrogen-bond donors (Lipinski definition) is 2. The third-order valence-electron chi connectivity index (χ3n) is 4.75. The topological polar surface area (TPSA) is 78.1 Å². The second-order valence-corrected chi connectivity index (χ2v) is 6.94. The van der Waals surface area contributed by atoms with Crippen LogP contribution in [-0.4, -0.2) is 30.0 Å². The molecule has 4 aromatic rings. The number of carbonyl (C=O) groups excluding carboxylic acids is 1. The smallest absolute Gasteiger partial charge is 0.261 e. The van der Waals surface area contributed by atoms with Crippen molar-refractivity contribution >= 4 is 28.1 Å². The van der Waals surface area contributed by atoms with Crippen molar-refractivity contribution in [2.24, 2.45) is 0 Å². The van der Waals surface area contributed by atoms with Crippen molar-refractivity contribution in [2.75, 3.05) is 24.3 Å². The molecule has 0 saturated heterocycles. The molecule has 6 heteroatoms. The molecule has 2 heterocycles. The summed E-state index contributed by atoms with van der Waals surface area (Å²) in [5.41, 5.74) is 2.75. The summed E-state index contributed by atoms with van der Waals surface area (Å²) in [5.74, 6) is -0.461. The number of benzene rings is 2. The SMILES string of the molecule is CN(C)c1cccc(NC(=O)c2cc(-c3cncc4ccccc34)c[nH]c2=O)c1. The third-order valence-corrected chi connectivity index (χ3v) is 4.75. The Morgan fingerprint density at radius 3 is 2.69 bits per heavy atom. The Morgan fingerprint density at radius 1 is 1.03 bits per heavy atom. The van der Waals surface area contributed by atoms with E-state index < -0.39 is 11.5 Å². The lowest BCUT2D eigenvalue weighted by Gasteiger charge is -2.14. The number of amides is 1. The molecule has 29 heavy (non-hydrogen) atoms. The summed E-state index contributed by atoms with van der Waals surface area (Å²) in [6, 6.07) is 16.9. The van der Waals surface area contributed by atoms with Crippen LogP contribution in [0.25, 0.3) is 21.9 Å². The van der Waals surface area contributed by atoms with Gasteiger partial charge in [0.1, 0.15) is 5.56 Å². The van der Waals surface area contributed by atoms with Crippen LogP contribution >= 0.6 is 0 Å². The average Bonchev–Trinajstić information content (AvgIpc) is 2.74. The van der Waals surface area contributed by atoms with Crippen LogP contribution in [0, 0.1) is 0 Å². The second kappa shape index (κ2) is 7.59. The molecule has 0 atom stereocenters. The number of carbonyl (C=O) groups is 1. The number of nitrogens with one attached hydrogen (secondary N) is 2. The number of aromatic amines is 1. The van der Waals surface area contributed by atoms with Crippen LogP contribution in [0.15, 0.2) is 78.0 Å². The van der Waals surface area contributed by atoms with Gasteiger partial charge < -0.3 is 15.2 Å². The standard InChI is InChI=1S/C23H20N4O2/c1-27(2)18-8-5-7-17(11-18)26-23(29)20-10-16(13-25-22(20)28)21-14-24-12-15-6-3-4-9-19(15)21/h3-14H,1-2H3,(H,25,28)(H,26,29). The Labute approximate surface area is 167 Å². The van der Waals surface area contributed by atoms with Crippen LogP contribution in [0.3, 0.4) is 0 Å². The predicted octanol–water partition coefficient (Wildman–Crippen LogP) is 3.91. The number of nitrogens with zero attached hydrogens (tertiary/aromatic N) is 2. The van der Waals surface area contributed by atoms with Gasteiger partial charge in [0.2, 0.25) is 0 Å². The van der Waals surface area contributed by atoms with E-state index in [1.54, 1.807) is 30.7 Å². The van der Waals surface area contributed by atoms with Crippen molar-refractivity contribution < 1.29 is 4.79 Å². The van der Waals surface area contributed by atoms with Crippen LogP contribution in [0.5, 0.6) is 0 Å². The highest BCUT2D eigenvalue weighted by atomic mass is 16.2. The Morgan fingerprint density at radius 2 is 1.86 bits per heavy atom. The van der Waals surface area contributed by atoms with Gasteiger partial charge in [-0.15, -0.1) is 0 Å². The summed E-state index contributed by atoms with van der Waals surface area (Å²) in [6.07, 6.45) is 5.13. The number of fused-ring (bicyclic) bond motifs is 1. The number of aromatic nitrogens is 2. The van der Waals surface area contributed by atoms with E-state index in [1.165, 1.54) is 0 Å². The minimum Gasteiger partial charge on any atom is -0.378 e. The maximum atomic E-state index is 12.8. The fraction of sp³-hybridized carbons (Fsp3) is 0.0870. The van der Waals surface area contributed by atoms with E-state index in [0.717, 1.165) is 27.6 Å². The molecule has 2 N–H and O–H groups in total. The Bertz CT molecular complexity index is 1260. The van der Waals surface area contributed by atoms with E-state index in [4.69, 9.17) is 0 Å². The van der Waals surface area contributed by atoms with E-state index in [9.17, 15) is 9.59 Å². The third kappa shape index (κ3) is 3.73. The summed E-state index contributed by atoms with van der Waals surface area (Å²) in [7, 11) is 3.85. The van der Waals surface area contributed by atoms with Crippen molar-refractivity contribution in [3.8, 4) is 11.1 Å². The fourth-order valence-corrected chi connectivity index (χ4v) is 3.21. The number of pyridine rings is 2. The molecule has 4 rings (SSSR count). The average molecular weight is 384 g/mol. The second-order valence-electron chi connectivity index (χ2n) is 6.94. The number of H-pyrrole nitrogens is 1. The lowest BCUT2D eigenvalue weighted by Crippen LogP contribution is -2.23. The van der Waals surface area contributed by atoms with Gasteiger partial charge in [-0.2, -0.15) is 0 Å². The first-order valence-electron chi connectivity index (χ1n) is 9.17. The summed E-state index contributed by atoms with van der Waals surface area (Å²) in [4.78, 5) is 34.0. The molecule has 0 fully saturated rings.